The number of carbonyl (C=O) groups excluding carboxylic acids is 3. The van der Waals surface area contributed by atoms with Gasteiger partial charge in [-0.25, -0.2) is 14.8 Å². The third-order valence-electron chi connectivity index (χ3n) is 11.7. The molecule has 1 aliphatic heterocycles. The topological polar surface area (TPSA) is 214 Å². The van der Waals surface area contributed by atoms with E-state index in [1.54, 1.807) is 25.3 Å². The van der Waals surface area contributed by atoms with Gasteiger partial charge in [-0.3, -0.25) is 19.1 Å². The summed E-state index contributed by atoms with van der Waals surface area (Å²) in [6.07, 6.45) is 4.21. The first-order chi connectivity index (χ1) is 29.4. The molecule has 3 aromatic heterocycles. The number of amides is 3. The monoisotopic (exact) mass is 889 g/mol. The van der Waals surface area contributed by atoms with Gasteiger partial charge >= 0.3 is 6.09 Å². The zero-order valence-electron chi connectivity index (χ0n) is 35.9. The molecule has 1 unspecified atom stereocenters. The average molecular weight is 890 g/mol. The zero-order valence-corrected chi connectivity index (χ0v) is 37.6. The number of methoxy groups -OCH3 is 1. The largest absolute Gasteiger partial charge is 0.506 e. The summed E-state index contributed by atoms with van der Waals surface area (Å²) in [4.78, 5) is 69.7. The van der Waals surface area contributed by atoms with Crippen LogP contribution in [0.5, 0.6) is 17.2 Å². The van der Waals surface area contributed by atoms with Crippen molar-refractivity contribution < 1.29 is 43.2 Å². The number of hydrogen-bond donors (Lipinski definition) is 5. The number of pyridine rings is 2. The molecule has 3 fully saturated rings. The van der Waals surface area contributed by atoms with Gasteiger partial charge in [-0.2, -0.15) is 0 Å². The number of hydrogen-bond acceptors (Lipinski definition) is 13. The summed E-state index contributed by atoms with van der Waals surface area (Å²) < 4.78 is 32.3. The van der Waals surface area contributed by atoms with Gasteiger partial charge in [-0.15, -0.1) is 17.9 Å². The van der Waals surface area contributed by atoms with Crippen LogP contribution < -0.4 is 25.4 Å². The number of fused-ring (bicyclic) bond motifs is 1. The van der Waals surface area contributed by atoms with Crippen molar-refractivity contribution in [1.29, 1.82) is 0 Å². The number of carbonyl (C=O) groups is 3. The molecular formula is C44H56N7O9PS. The summed E-state index contributed by atoms with van der Waals surface area (Å²) in [7, 11) is -2.76. The quantitative estimate of drug-likeness (QED) is 0.0590. The van der Waals surface area contributed by atoms with Crippen LogP contribution in [0.25, 0.3) is 22.3 Å². The number of aromatic nitrogens is 3. The fourth-order valence-corrected chi connectivity index (χ4v) is 11.5. The van der Waals surface area contributed by atoms with E-state index >= 15 is 0 Å². The number of benzene rings is 1. The Balaban J connectivity index is 1.22. The number of likely N-dealkylation sites (tertiary alicyclic amines) is 1. The molecule has 4 aromatic rings. The van der Waals surface area contributed by atoms with E-state index in [2.05, 4.69) is 27.5 Å². The summed E-state index contributed by atoms with van der Waals surface area (Å²) >= 11 is 1.45. The van der Waals surface area contributed by atoms with Gasteiger partial charge in [-0.1, -0.05) is 26.8 Å². The molecule has 0 bridgehead atoms. The van der Waals surface area contributed by atoms with Gasteiger partial charge in [0.25, 0.3) is 0 Å². The highest BCUT2D eigenvalue weighted by Crippen LogP contribution is 2.71. The van der Waals surface area contributed by atoms with Gasteiger partial charge in [0.15, 0.2) is 5.13 Å². The molecule has 7 rings (SSSR count). The Hall–Kier alpha value is -5.25. The first-order valence-corrected chi connectivity index (χ1v) is 23.7. The Bertz CT molecular complexity index is 2380. The normalized spacial score (nSPS) is 22.8. The number of ether oxygens (including phenoxy) is 3. The van der Waals surface area contributed by atoms with Gasteiger partial charge in [0.1, 0.15) is 52.5 Å². The molecule has 0 radical (unpaired) electrons. The van der Waals surface area contributed by atoms with Crippen LogP contribution in [-0.4, -0.2) is 97.0 Å². The fourth-order valence-electron chi connectivity index (χ4n) is 8.29. The third kappa shape index (κ3) is 9.54. The van der Waals surface area contributed by atoms with Crippen molar-refractivity contribution in [2.75, 3.05) is 19.0 Å². The molecule has 0 spiro atoms. The highest BCUT2D eigenvalue weighted by molar-refractivity contribution is 7.59. The predicted molar refractivity (Wildman–Crippen MR) is 236 cm³/mol. The van der Waals surface area contributed by atoms with Crippen LogP contribution in [0.2, 0.25) is 0 Å². The fraction of sp³-hybridized carbons (Fsp3) is 0.500. The van der Waals surface area contributed by atoms with Crippen LogP contribution in [-0.2, 0) is 25.1 Å². The molecule has 16 nitrogen and oxygen atoms in total. The van der Waals surface area contributed by atoms with Crippen molar-refractivity contribution in [3.05, 3.63) is 66.3 Å². The molecule has 4 heterocycles. The second kappa shape index (κ2) is 17.9. The lowest BCUT2D eigenvalue weighted by Crippen LogP contribution is -2.58. The van der Waals surface area contributed by atoms with E-state index in [4.69, 9.17) is 24.2 Å². The van der Waals surface area contributed by atoms with Crippen LogP contribution in [0.4, 0.5) is 9.93 Å². The standard InChI is InChI=1S/C44H56N7O9PS/c1-8-26-21-44(26,61(56,57)23-33-36(52)14-11-17-45-33)50-39(53)35-19-29(22-51(35)40(54)38(43(4,5)6)49-42(55)60-27-12-9-10-13-27)59-37-20-32(34-24-62-41(48-34)46-25(2)3)47-31-18-28(58-7)15-16-30(31)37/h8,11,14-18,20,24-27,29,35,38,52H,1,9-10,12-13,19,21-23H2,2-7H3,(H,46,48)(H,49,55)(H,50,53)(H,56,57)/t26-,29-,35+,38-,44+/m1/s1. The summed E-state index contributed by atoms with van der Waals surface area (Å²) in [5.41, 5.74) is 0.925. The molecule has 2 aliphatic carbocycles. The Morgan fingerprint density at radius 1 is 1.11 bits per heavy atom. The molecule has 332 valence electrons. The molecule has 62 heavy (non-hydrogen) atoms. The maximum absolute atomic E-state index is 14.9. The SMILES string of the molecule is C=C[C@@H]1C[C@]1(NC(=O)[C@@H]1C[C@@H](Oc2cc(-c3csc(NC(C)C)n3)nc3cc(OC)ccc23)CN1C(=O)[C@@H](NC(=O)OC1CCCC1)C(C)(C)C)P(=O)(O)Cc1ncccc1O. The molecule has 1 saturated heterocycles. The van der Waals surface area contributed by atoms with E-state index in [1.807, 2.05) is 46.1 Å². The zero-order chi connectivity index (χ0) is 44.6. The first kappa shape index (κ1) is 44.8. The maximum atomic E-state index is 14.9. The second-order valence-corrected chi connectivity index (χ2v) is 21.1. The van der Waals surface area contributed by atoms with Crippen molar-refractivity contribution in [3.8, 4) is 28.6 Å². The molecule has 18 heteroatoms. The van der Waals surface area contributed by atoms with E-state index in [9.17, 15) is 28.9 Å². The number of alkyl carbamates (subject to hydrolysis) is 1. The van der Waals surface area contributed by atoms with Crippen molar-refractivity contribution in [3.63, 3.8) is 0 Å². The molecule has 1 aromatic carbocycles. The van der Waals surface area contributed by atoms with Crippen molar-refractivity contribution in [2.45, 2.75) is 115 Å². The van der Waals surface area contributed by atoms with Crippen molar-refractivity contribution in [2.24, 2.45) is 11.3 Å². The lowest BCUT2D eigenvalue weighted by atomic mass is 9.85. The Morgan fingerprint density at radius 3 is 2.53 bits per heavy atom. The maximum Gasteiger partial charge on any atom is 0.408 e. The minimum Gasteiger partial charge on any atom is -0.506 e. The minimum absolute atomic E-state index is 0.00101. The van der Waals surface area contributed by atoms with E-state index in [-0.39, 0.29) is 43.0 Å². The van der Waals surface area contributed by atoms with Gasteiger partial charge < -0.3 is 45.1 Å². The number of aromatic hydroxyl groups is 1. The average Bonchev–Trinajstić information content (AvgIpc) is 3.61. The predicted octanol–water partition coefficient (Wildman–Crippen LogP) is 7.21. The molecule has 2 saturated carbocycles. The molecule has 5 N–H and O–H groups in total. The van der Waals surface area contributed by atoms with Gasteiger partial charge in [-0.05, 0) is 75.6 Å². The van der Waals surface area contributed by atoms with Gasteiger partial charge in [0.2, 0.25) is 19.2 Å². The summed E-state index contributed by atoms with van der Waals surface area (Å²) in [6.45, 7) is 13.3. The Morgan fingerprint density at radius 2 is 1.87 bits per heavy atom. The van der Waals surface area contributed by atoms with Crippen LogP contribution >= 0.6 is 18.7 Å². The lowest BCUT2D eigenvalue weighted by molar-refractivity contribution is -0.142. The van der Waals surface area contributed by atoms with Gasteiger partial charge in [0.05, 0.1) is 36.7 Å². The molecular weight excluding hydrogens is 834 g/mol. The summed E-state index contributed by atoms with van der Waals surface area (Å²) in [5.74, 6) is -1.01. The molecule has 3 amide bonds. The number of anilines is 1. The van der Waals surface area contributed by atoms with Crippen LogP contribution in [0.15, 0.2) is 60.6 Å². The summed E-state index contributed by atoms with van der Waals surface area (Å²) in [5, 5.41) is 21.1. The van der Waals surface area contributed by atoms with E-state index < -0.39 is 66.2 Å². The van der Waals surface area contributed by atoms with Crippen LogP contribution in [0, 0.1) is 11.3 Å². The van der Waals surface area contributed by atoms with E-state index in [0.29, 0.717) is 33.8 Å². The number of rotatable bonds is 15. The third-order valence-corrected chi connectivity index (χ3v) is 15.1. The minimum atomic E-state index is -4.33. The van der Waals surface area contributed by atoms with Crippen LogP contribution in [0.1, 0.15) is 78.8 Å². The van der Waals surface area contributed by atoms with E-state index in [0.717, 1.165) is 30.8 Å². The lowest BCUT2D eigenvalue weighted by Gasteiger charge is -2.36. The van der Waals surface area contributed by atoms with Crippen molar-refractivity contribution in [1.82, 2.24) is 30.5 Å². The highest BCUT2D eigenvalue weighted by atomic mass is 32.1. The Kier molecular flexibility index (Phi) is 12.9. The number of nitrogens with one attached hydrogen (secondary N) is 3. The first-order valence-electron chi connectivity index (χ1n) is 21.0. The second-order valence-electron chi connectivity index (χ2n) is 17.8. The highest BCUT2D eigenvalue weighted by Gasteiger charge is 2.66. The van der Waals surface area contributed by atoms with Crippen LogP contribution in [0.3, 0.4) is 0 Å². The molecule has 6 atom stereocenters. The summed E-state index contributed by atoms with van der Waals surface area (Å²) in [6, 6.07) is 7.94. The number of thiazole rings is 1. The molecule has 3 aliphatic rings. The van der Waals surface area contributed by atoms with Gasteiger partial charge in [0, 0.05) is 47.5 Å². The number of nitrogens with zero attached hydrogens (tertiary/aromatic N) is 4. The smallest absolute Gasteiger partial charge is 0.408 e. The Labute approximate surface area is 365 Å². The van der Waals surface area contributed by atoms with Crippen molar-refractivity contribution >= 4 is 52.6 Å². The van der Waals surface area contributed by atoms with E-state index in [1.165, 1.54) is 40.6 Å².